The van der Waals surface area contributed by atoms with Crippen LogP contribution in [0.5, 0.6) is 0 Å². The summed E-state index contributed by atoms with van der Waals surface area (Å²) in [6, 6.07) is 0. The summed E-state index contributed by atoms with van der Waals surface area (Å²) in [5.41, 5.74) is 5.77. The number of hydrogen-bond acceptors (Lipinski definition) is 5. The summed E-state index contributed by atoms with van der Waals surface area (Å²) in [6.07, 6.45) is 5.04. The Morgan fingerprint density at radius 3 is 2.94 bits per heavy atom. The minimum Gasteiger partial charge on any atom is -0.382 e. The van der Waals surface area contributed by atoms with Crippen LogP contribution >= 0.6 is 0 Å². The molecule has 0 radical (unpaired) electrons. The molecule has 1 aromatic rings. The number of hydrogen-bond donors (Lipinski definition) is 1. The molecule has 1 aliphatic heterocycles. The second-order valence-electron chi connectivity index (χ2n) is 4.31. The van der Waals surface area contributed by atoms with Gasteiger partial charge in [-0.25, -0.2) is 9.97 Å². The summed E-state index contributed by atoms with van der Waals surface area (Å²) in [5, 5.41) is 0. The standard InChI is InChI=1S/C12H18N4O2/c1-2-16(8-9-4-3-5-18-9)12(17)10-6-15-11(13)7-14-10/h6-7,9H,2-5,8H2,1H3,(H2,13,15). The monoisotopic (exact) mass is 250 g/mol. The predicted molar refractivity (Wildman–Crippen MR) is 67.0 cm³/mol. The van der Waals surface area contributed by atoms with Gasteiger partial charge in [-0.15, -0.1) is 0 Å². The summed E-state index contributed by atoms with van der Waals surface area (Å²) in [4.78, 5) is 21.8. The molecule has 6 nitrogen and oxygen atoms in total. The lowest BCUT2D eigenvalue weighted by molar-refractivity contribution is 0.0534. The van der Waals surface area contributed by atoms with E-state index < -0.39 is 0 Å². The Balaban J connectivity index is 2.02. The Labute approximate surface area is 106 Å². The molecule has 0 aliphatic carbocycles. The summed E-state index contributed by atoms with van der Waals surface area (Å²) in [6.45, 7) is 3.97. The van der Waals surface area contributed by atoms with Crippen molar-refractivity contribution in [3.05, 3.63) is 18.1 Å². The van der Waals surface area contributed by atoms with Crippen molar-refractivity contribution in [1.29, 1.82) is 0 Å². The van der Waals surface area contributed by atoms with Gasteiger partial charge in [-0.1, -0.05) is 0 Å². The van der Waals surface area contributed by atoms with Gasteiger partial charge < -0.3 is 15.4 Å². The minimum atomic E-state index is -0.125. The van der Waals surface area contributed by atoms with E-state index in [1.54, 1.807) is 4.90 Å². The van der Waals surface area contributed by atoms with Gasteiger partial charge in [0.1, 0.15) is 11.5 Å². The van der Waals surface area contributed by atoms with Gasteiger partial charge in [0.2, 0.25) is 0 Å². The van der Waals surface area contributed by atoms with Crippen LogP contribution in [-0.2, 0) is 4.74 Å². The molecule has 0 bridgehead atoms. The lowest BCUT2D eigenvalue weighted by Gasteiger charge is -2.23. The van der Waals surface area contributed by atoms with Crippen molar-refractivity contribution in [2.75, 3.05) is 25.4 Å². The Morgan fingerprint density at radius 2 is 2.39 bits per heavy atom. The second-order valence-corrected chi connectivity index (χ2v) is 4.31. The first-order chi connectivity index (χ1) is 8.70. The van der Waals surface area contributed by atoms with Gasteiger partial charge in [0.15, 0.2) is 0 Å². The number of amides is 1. The fourth-order valence-corrected chi connectivity index (χ4v) is 2.00. The summed E-state index contributed by atoms with van der Waals surface area (Å²) < 4.78 is 5.54. The van der Waals surface area contributed by atoms with Gasteiger partial charge in [0.05, 0.1) is 18.5 Å². The van der Waals surface area contributed by atoms with Crippen LogP contribution in [0.1, 0.15) is 30.3 Å². The first kappa shape index (κ1) is 12.8. The van der Waals surface area contributed by atoms with Gasteiger partial charge in [-0.05, 0) is 19.8 Å². The van der Waals surface area contributed by atoms with E-state index in [0.29, 0.717) is 24.6 Å². The van der Waals surface area contributed by atoms with Crippen LogP contribution in [-0.4, -0.2) is 46.6 Å². The summed E-state index contributed by atoms with van der Waals surface area (Å²) >= 11 is 0. The van der Waals surface area contributed by atoms with E-state index in [9.17, 15) is 4.79 Å². The van der Waals surface area contributed by atoms with Crippen molar-refractivity contribution in [2.24, 2.45) is 0 Å². The Kier molecular flexibility index (Phi) is 4.09. The summed E-state index contributed by atoms with van der Waals surface area (Å²) in [5.74, 6) is 0.189. The van der Waals surface area contributed by atoms with Crippen molar-refractivity contribution >= 4 is 11.7 Å². The van der Waals surface area contributed by atoms with E-state index in [1.165, 1.54) is 12.4 Å². The lowest BCUT2D eigenvalue weighted by Crippen LogP contribution is -2.37. The number of carbonyl (C=O) groups is 1. The number of nitrogens with zero attached hydrogens (tertiary/aromatic N) is 3. The quantitative estimate of drug-likeness (QED) is 0.850. The van der Waals surface area contributed by atoms with E-state index in [1.807, 2.05) is 6.92 Å². The number of nitrogens with two attached hydrogens (primary N) is 1. The first-order valence-electron chi connectivity index (χ1n) is 6.19. The molecule has 1 amide bonds. The van der Waals surface area contributed by atoms with E-state index in [2.05, 4.69) is 9.97 Å². The van der Waals surface area contributed by atoms with Crippen LogP contribution in [0.25, 0.3) is 0 Å². The molecule has 0 aromatic carbocycles. The number of ether oxygens (including phenoxy) is 1. The second kappa shape index (κ2) is 5.77. The highest BCUT2D eigenvalue weighted by Crippen LogP contribution is 2.14. The van der Waals surface area contributed by atoms with E-state index >= 15 is 0 Å². The zero-order valence-corrected chi connectivity index (χ0v) is 10.5. The molecular weight excluding hydrogens is 232 g/mol. The Bertz CT molecular complexity index is 401. The van der Waals surface area contributed by atoms with E-state index in [-0.39, 0.29) is 12.0 Å². The zero-order valence-electron chi connectivity index (χ0n) is 10.5. The van der Waals surface area contributed by atoms with Crippen LogP contribution in [0.2, 0.25) is 0 Å². The molecule has 1 fully saturated rings. The third kappa shape index (κ3) is 2.95. The van der Waals surface area contributed by atoms with Crippen LogP contribution in [0.4, 0.5) is 5.82 Å². The maximum Gasteiger partial charge on any atom is 0.274 e. The molecule has 1 saturated heterocycles. The molecule has 0 saturated carbocycles. The Morgan fingerprint density at radius 1 is 1.56 bits per heavy atom. The van der Waals surface area contributed by atoms with Gasteiger partial charge >= 0.3 is 0 Å². The molecule has 1 unspecified atom stereocenters. The van der Waals surface area contributed by atoms with Crippen LogP contribution in [0, 0.1) is 0 Å². The lowest BCUT2D eigenvalue weighted by atomic mass is 10.2. The summed E-state index contributed by atoms with van der Waals surface area (Å²) in [7, 11) is 0. The van der Waals surface area contributed by atoms with Crippen LogP contribution < -0.4 is 5.73 Å². The molecule has 6 heteroatoms. The predicted octanol–water partition coefficient (Wildman–Crippen LogP) is 0.700. The van der Waals surface area contributed by atoms with Gasteiger partial charge in [-0.2, -0.15) is 0 Å². The van der Waals surface area contributed by atoms with E-state index in [4.69, 9.17) is 10.5 Å². The molecule has 0 spiro atoms. The topological polar surface area (TPSA) is 81.3 Å². The van der Waals surface area contributed by atoms with Crippen LogP contribution in [0.15, 0.2) is 12.4 Å². The highest BCUT2D eigenvalue weighted by molar-refractivity contribution is 5.92. The maximum atomic E-state index is 12.2. The number of aromatic nitrogens is 2. The zero-order chi connectivity index (χ0) is 13.0. The third-order valence-electron chi connectivity index (χ3n) is 3.01. The fraction of sp³-hybridized carbons (Fsp3) is 0.583. The van der Waals surface area contributed by atoms with Gasteiger partial charge in [0.25, 0.3) is 5.91 Å². The molecule has 98 valence electrons. The number of rotatable bonds is 4. The molecule has 1 atom stereocenters. The smallest absolute Gasteiger partial charge is 0.274 e. The minimum absolute atomic E-state index is 0.125. The number of likely N-dealkylation sites (N-methyl/N-ethyl adjacent to an activating group) is 1. The first-order valence-corrected chi connectivity index (χ1v) is 6.19. The van der Waals surface area contributed by atoms with Crippen molar-refractivity contribution in [1.82, 2.24) is 14.9 Å². The number of anilines is 1. The molecule has 1 aliphatic rings. The molecule has 2 heterocycles. The van der Waals surface area contributed by atoms with Crippen molar-refractivity contribution < 1.29 is 9.53 Å². The normalized spacial score (nSPS) is 18.8. The molecular formula is C12H18N4O2. The molecule has 1 aromatic heterocycles. The third-order valence-corrected chi connectivity index (χ3v) is 3.01. The van der Waals surface area contributed by atoms with Crippen LogP contribution in [0.3, 0.4) is 0 Å². The highest BCUT2D eigenvalue weighted by atomic mass is 16.5. The van der Waals surface area contributed by atoms with Gasteiger partial charge in [-0.3, -0.25) is 4.79 Å². The molecule has 2 N–H and O–H groups in total. The SMILES string of the molecule is CCN(CC1CCCO1)C(=O)c1cnc(N)cn1. The van der Waals surface area contributed by atoms with Crippen molar-refractivity contribution in [2.45, 2.75) is 25.9 Å². The van der Waals surface area contributed by atoms with Gasteiger partial charge in [0, 0.05) is 19.7 Å². The number of carbonyl (C=O) groups excluding carboxylic acids is 1. The van der Waals surface area contributed by atoms with Crippen molar-refractivity contribution in [3.8, 4) is 0 Å². The van der Waals surface area contributed by atoms with Crippen molar-refractivity contribution in [3.63, 3.8) is 0 Å². The maximum absolute atomic E-state index is 12.2. The highest BCUT2D eigenvalue weighted by Gasteiger charge is 2.23. The number of nitrogen functional groups attached to an aromatic ring is 1. The fourth-order valence-electron chi connectivity index (χ4n) is 2.00. The molecule has 2 rings (SSSR count). The Hall–Kier alpha value is -1.69. The average Bonchev–Trinajstić information content (AvgIpc) is 2.89. The molecule has 18 heavy (non-hydrogen) atoms. The largest absolute Gasteiger partial charge is 0.382 e. The average molecular weight is 250 g/mol. The van der Waals surface area contributed by atoms with E-state index in [0.717, 1.165) is 19.4 Å².